The number of nitrogens with zero attached hydrogens (tertiary/aromatic N) is 1. The van der Waals surface area contributed by atoms with Crippen molar-refractivity contribution in [2.75, 3.05) is 25.1 Å². The van der Waals surface area contributed by atoms with E-state index in [9.17, 15) is 8.42 Å². The van der Waals surface area contributed by atoms with Crippen LogP contribution < -0.4 is 5.32 Å². The molecule has 2 atom stereocenters. The van der Waals surface area contributed by atoms with Crippen molar-refractivity contribution in [1.29, 1.82) is 0 Å². The average Bonchev–Trinajstić information content (AvgIpc) is 2.63. The van der Waals surface area contributed by atoms with Crippen molar-refractivity contribution in [1.82, 2.24) is 10.2 Å². The third kappa shape index (κ3) is 4.86. The van der Waals surface area contributed by atoms with Crippen LogP contribution in [0.15, 0.2) is 0 Å². The second-order valence-corrected chi connectivity index (χ2v) is 7.96. The molecule has 1 heterocycles. The van der Waals surface area contributed by atoms with E-state index in [-0.39, 0.29) is 6.04 Å². The van der Waals surface area contributed by atoms with E-state index < -0.39 is 9.84 Å². The predicted molar refractivity (Wildman–Crippen MR) is 76.7 cm³/mol. The van der Waals surface area contributed by atoms with Crippen LogP contribution in [0.3, 0.4) is 0 Å². The van der Waals surface area contributed by atoms with E-state index in [0.29, 0.717) is 23.6 Å². The topological polar surface area (TPSA) is 49.4 Å². The molecule has 0 spiro atoms. The van der Waals surface area contributed by atoms with Gasteiger partial charge >= 0.3 is 0 Å². The van der Waals surface area contributed by atoms with Crippen molar-refractivity contribution in [3.05, 3.63) is 0 Å². The Morgan fingerprint density at radius 3 is 2.50 bits per heavy atom. The summed E-state index contributed by atoms with van der Waals surface area (Å²) in [5, 5.41) is 3.46. The molecular weight excluding hydrogens is 248 g/mol. The van der Waals surface area contributed by atoms with Crippen LogP contribution in [0.2, 0.25) is 0 Å². The van der Waals surface area contributed by atoms with Gasteiger partial charge in [-0.3, -0.25) is 4.90 Å². The Morgan fingerprint density at radius 1 is 1.39 bits per heavy atom. The molecule has 0 aromatic carbocycles. The van der Waals surface area contributed by atoms with E-state index in [4.69, 9.17) is 0 Å². The highest BCUT2D eigenvalue weighted by atomic mass is 32.2. The van der Waals surface area contributed by atoms with E-state index >= 15 is 0 Å². The molecule has 1 rings (SSSR count). The quantitative estimate of drug-likeness (QED) is 0.761. The molecule has 0 aliphatic carbocycles. The van der Waals surface area contributed by atoms with Gasteiger partial charge in [0.1, 0.15) is 0 Å². The normalized spacial score (nSPS) is 24.9. The largest absolute Gasteiger partial charge is 0.313 e. The van der Waals surface area contributed by atoms with Gasteiger partial charge in [0.15, 0.2) is 9.84 Å². The summed E-state index contributed by atoms with van der Waals surface area (Å²) in [6.07, 6.45) is 3.04. The zero-order valence-electron chi connectivity index (χ0n) is 12.1. The van der Waals surface area contributed by atoms with Crippen molar-refractivity contribution in [2.45, 2.75) is 58.2 Å². The van der Waals surface area contributed by atoms with E-state index in [1.165, 1.54) is 0 Å². The summed E-state index contributed by atoms with van der Waals surface area (Å²) in [5.74, 6) is 0.698. The van der Waals surface area contributed by atoms with E-state index in [0.717, 1.165) is 25.8 Å². The van der Waals surface area contributed by atoms with Crippen LogP contribution in [0, 0.1) is 0 Å². The summed E-state index contributed by atoms with van der Waals surface area (Å²) in [7, 11) is -0.705. The first-order chi connectivity index (χ1) is 8.35. The van der Waals surface area contributed by atoms with Gasteiger partial charge in [0, 0.05) is 24.7 Å². The molecule has 0 radical (unpaired) electrons. The van der Waals surface area contributed by atoms with Crippen LogP contribution in [0.1, 0.15) is 40.0 Å². The number of hydrogen-bond acceptors (Lipinski definition) is 4. The number of likely N-dealkylation sites (N-methyl/N-ethyl adjacent to an activating group) is 1. The highest BCUT2D eigenvalue weighted by molar-refractivity contribution is 7.91. The lowest BCUT2D eigenvalue weighted by Crippen LogP contribution is -2.47. The Hall–Kier alpha value is -0.130. The van der Waals surface area contributed by atoms with Gasteiger partial charge in [-0.05, 0) is 19.9 Å². The maximum Gasteiger partial charge on any atom is 0.151 e. The van der Waals surface area contributed by atoms with Gasteiger partial charge in [-0.25, -0.2) is 8.42 Å². The maximum atomic E-state index is 11.5. The van der Waals surface area contributed by atoms with Crippen LogP contribution in [0.25, 0.3) is 0 Å². The Morgan fingerprint density at radius 2 is 2.06 bits per heavy atom. The van der Waals surface area contributed by atoms with Crippen molar-refractivity contribution < 1.29 is 8.42 Å². The zero-order valence-corrected chi connectivity index (χ0v) is 13.0. The first-order valence-electron chi connectivity index (χ1n) is 7.01. The van der Waals surface area contributed by atoms with Gasteiger partial charge in [0.2, 0.25) is 0 Å². The summed E-state index contributed by atoms with van der Waals surface area (Å²) in [6.45, 7) is 7.41. The molecule has 1 N–H and O–H groups in total. The Kier molecular flexibility index (Phi) is 6.08. The molecule has 0 amide bonds. The van der Waals surface area contributed by atoms with Crippen molar-refractivity contribution in [3.63, 3.8) is 0 Å². The molecule has 18 heavy (non-hydrogen) atoms. The Labute approximate surface area is 112 Å². The number of nitrogens with one attached hydrogen (secondary N) is 1. The molecule has 1 aliphatic heterocycles. The monoisotopic (exact) mass is 276 g/mol. The fourth-order valence-corrected chi connectivity index (χ4v) is 4.34. The minimum absolute atomic E-state index is 0.209. The average molecular weight is 276 g/mol. The Balaban J connectivity index is 2.56. The number of sulfone groups is 1. The van der Waals surface area contributed by atoms with Crippen LogP contribution in [0.4, 0.5) is 0 Å². The molecule has 1 fully saturated rings. The minimum atomic E-state index is -2.78. The highest BCUT2D eigenvalue weighted by Gasteiger charge is 2.33. The SMILES string of the molecule is CCCC(CNC(C)C)N(C)C1CCS(=O)(=O)C1. The Bertz CT molecular complexity index is 341. The zero-order chi connectivity index (χ0) is 13.8. The lowest BCUT2D eigenvalue weighted by molar-refractivity contribution is 0.171. The standard InChI is InChI=1S/C13H28N2O2S/c1-5-6-12(9-14-11(2)3)15(4)13-7-8-18(16,17)10-13/h11-14H,5-10H2,1-4H3. The summed E-state index contributed by atoms with van der Waals surface area (Å²) >= 11 is 0. The molecule has 0 aromatic rings. The van der Waals surface area contributed by atoms with Crippen molar-refractivity contribution in [3.8, 4) is 0 Å². The summed E-state index contributed by atoms with van der Waals surface area (Å²) < 4.78 is 23.1. The van der Waals surface area contributed by atoms with Gasteiger partial charge in [-0.15, -0.1) is 0 Å². The maximum absolute atomic E-state index is 11.5. The summed E-state index contributed by atoms with van der Waals surface area (Å²) in [6, 6.07) is 1.13. The van der Waals surface area contributed by atoms with Crippen LogP contribution in [-0.2, 0) is 9.84 Å². The molecule has 1 aliphatic rings. The fraction of sp³-hybridized carbons (Fsp3) is 1.00. The molecule has 0 saturated carbocycles. The first-order valence-corrected chi connectivity index (χ1v) is 8.83. The first kappa shape index (κ1) is 15.9. The molecule has 5 heteroatoms. The summed E-state index contributed by atoms with van der Waals surface area (Å²) in [5.41, 5.74) is 0. The molecule has 4 nitrogen and oxygen atoms in total. The van der Waals surface area contributed by atoms with Crippen molar-refractivity contribution >= 4 is 9.84 Å². The van der Waals surface area contributed by atoms with Gasteiger partial charge in [0.05, 0.1) is 11.5 Å². The van der Waals surface area contributed by atoms with Gasteiger partial charge in [-0.1, -0.05) is 27.2 Å². The summed E-state index contributed by atoms with van der Waals surface area (Å²) in [4.78, 5) is 2.28. The number of rotatable bonds is 7. The fourth-order valence-electron chi connectivity index (χ4n) is 2.55. The third-order valence-corrected chi connectivity index (χ3v) is 5.49. The third-order valence-electron chi connectivity index (χ3n) is 3.74. The lowest BCUT2D eigenvalue weighted by atomic mass is 10.1. The molecule has 108 valence electrons. The van der Waals surface area contributed by atoms with E-state index in [2.05, 4.69) is 38.0 Å². The van der Waals surface area contributed by atoms with Gasteiger partial charge in [0.25, 0.3) is 0 Å². The van der Waals surface area contributed by atoms with Gasteiger partial charge < -0.3 is 5.32 Å². The second-order valence-electron chi connectivity index (χ2n) is 5.73. The molecule has 2 unspecified atom stereocenters. The van der Waals surface area contributed by atoms with Gasteiger partial charge in [-0.2, -0.15) is 0 Å². The predicted octanol–water partition coefficient (Wildman–Crippen LogP) is 1.27. The van der Waals surface area contributed by atoms with Crippen LogP contribution in [-0.4, -0.2) is 56.5 Å². The molecule has 1 saturated heterocycles. The molecule has 0 aromatic heterocycles. The van der Waals surface area contributed by atoms with Crippen LogP contribution in [0.5, 0.6) is 0 Å². The van der Waals surface area contributed by atoms with E-state index in [1.807, 2.05) is 0 Å². The highest BCUT2D eigenvalue weighted by Crippen LogP contribution is 2.20. The molecule has 0 bridgehead atoms. The van der Waals surface area contributed by atoms with Crippen molar-refractivity contribution in [2.24, 2.45) is 0 Å². The molecular formula is C13H28N2O2S. The van der Waals surface area contributed by atoms with E-state index in [1.54, 1.807) is 0 Å². The smallest absolute Gasteiger partial charge is 0.151 e. The number of hydrogen-bond donors (Lipinski definition) is 1. The second kappa shape index (κ2) is 6.87. The van der Waals surface area contributed by atoms with Crippen LogP contribution >= 0.6 is 0 Å². The minimum Gasteiger partial charge on any atom is -0.313 e. The lowest BCUT2D eigenvalue weighted by Gasteiger charge is -2.33.